The van der Waals surface area contributed by atoms with Crippen LogP contribution in [-0.2, 0) is 9.53 Å². The number of imide groups is 1. The molecule has 0 radical (unpaired) electrons. The van der Waals surface area contributed by atoms with Crippen molar-refractivity contribution in [2.45, 2.75) is 51.2 Å². The zero-order valence-electron chi connectivity index (χ0n) is 13.8. The number of hydrogen-bond donors (Lipinski definition) is 2. The quantitative estimate of drug-likeness (QED) is 0.772. The Balaban J connectivity index is 1.84. The Morgan fingerprint density at radius 2 is 1.84 bits per heavy atom. The van der Waals surface area contributed by atoms with Crippen LogP contribution in [0.2, 0.25) is 10.0 Å². The summed E-state index contributed by atoms with van der Waals surface area (Å²) in [5, 5.41) is 5.45. The van der Waals surface area contributed by atoms with Crippen molar-refractivity contribution in [2.75, 3.05) is 0 Å². The molecule has 0 unspecified atom stereocenters. The second-order valence-corrected chi connectivity index (χ2v) is 6.81. The predicted octanol–water partition coefficient (Wildman–Crippen LogP) is 3.70. The van der Waals surface area contributed by atoms with E-state index in [4.69, 9.17) is 27.9 Å². The number of hydrogen-bond acceptors (Lipinski definition) is 4. The molecule has 1 fully saturated rings. The van der Waals surface area contributed by atoms with E-state index in [1.54, 1.807) is 0 Å². The lowest BCUT2D eigenvalue weighted by Gasteiger charge is -2.23. The second kappa shape index (κ2) is 9.06. The van der Waals surface area contributed by atoms with Gasteiger partial charge in [0.1, 0.15) is 0 Å². The monoisotopic (exact) mass is 386 g/mol. The highest BCUT2D eigenvalue weighted by atomic mass is 35.5. The van der Waals surface area contributed by atoms with E-state index in [-0.39, 0.29) is 16.6 Å². The van der Waals surface area contributed by atoms with Crippen LogP contribution in [0.5, 0.6) is 0 Å². The number of carbonyl (C=O) groups excluding carboxylic acids is 3. The van der Waals surface area contributed by atoms with Crippen molar-refractivity contribution in [1.29, 1.82) is 0 Å². The molecule has 0 heterocycles. The van der Waals surface area contributed by atoms with Crippen molar-refractivity contribution >= 4 is 41.1 Å². The van der Waals surface area contributed by atoms with Gasteiger partial charge < -0.3 is 10.1 Å². The first-order chi connectivity index (χ1) is 11.9. The van der Waals surface area contributed by atoms with Crippen LogP contribution in [0.25, 0.3) is 0 Å². The third-order valence-electron chi connectivity index (χ3n) is 3.98. The standard InChI is InChI=1S/C17H20Cl2N2O4/c1-10(25-16(23)13-8-7-11(18)9-14(13)19)15(22)21-17(24)20-12-5-3-2-4-6-12/h7-10,12H,2-6H2,1H3,(H2,20,21,22,24)/t10-/m0/s1. The number of urea groups is 1. The van der Waals surface area contributed by atoms with E-state index in [9.17, 15) is 14.4 Å². The minimum Gasteiger partial charge on any atom is -0.449 e. The molecule has 136 valence electrons. The molecule has 1 aromatic carbocycles. The Hall–Kier alpha value is -1.79. The van der Waals surface area contributed by atoms with Crippen molar-refractivity contribution < 1.29 is 19.1 Å². The molecule has 1 aliphatic carbocycles. The molecule has 0 aliphatic heterocycles. The van der Waals surface area contributed by atoms with E-state index in [0.717, 1.165) is 25.7 Å². The van der Waals surface area contributed by atoms with Gasteiger partial charge in [-0.2, -0.15) is 0 Å². The van der Waals surface area contributed by atoms with Gasteiger partial charge in [-0.15, -0.1) is 0 Å². The van der Waals surface area contributed by atoms with Crippen LogP contribution in [-0.4, -0.2) is 30.1 Å². The molecule has 0 saturated heterocycles. The van der Waals surface area contributed by atoms with Crippen LogP contribution in [0, 0.1) is 0 Å². The lowest BCUT2D eigenvalue weighted by Crippen LogP contribution is -2.48. The highest BCUT2D eigenvalue weighted by molar-refractivity contribution is 6.36. The number of halogens is 2. The molecule has 1 saturated carbocycles. The molecule has 1 aromatic rings. The van der Waals surface area contributed by atoms with E-state index >= 15 is 0 Å². The van der Waals surface area contributed by atoms with Gasteiger partial charge in [0.25, 0.3) is 5.91 Å². The smallest absolute Gasteiger partial charge is 0.340 e. The van der Waals surface area contributed by atoms with Gasteiger partial charge in [-0.1, -0.05) is 42.5 Å². The van der Waals surface area contributed by atoms with Crippen LogP contribution >= 0.6 is 23.2 Å². The molecule has 0 spiro atoms. The summed E-state index contributed by atoms with van der Waals surface area (Å²) in [7, 11) is 0. The van der Waals surface area contributed by atoms with Gasteiger partial charge in [-0.05, 0) is 38.0 Å². The predicted molar refractivity (Wildman–Crippen MR) is 94.9 cm³/mol. The Labute approximate surface area is 156 Å². The van der Waals surface area contributed by atoms with E-state index < -0.39 is 24.0 Å². The van der Waals surface area contributed by atoms with Gasteiger partial charge in [-0.25, -0.2) is 9.59 Å². The molecule has 2 rings (SSSR count). The van der Waals surface area contributed by atoms with E-state index in [0.29, 0.717) is 5.02 Å². The van der Waals surface area contributed by atoms with Gasteiger partial charge in [0.2, 0.25) is 0 Å². The van der Waals surface area contributed by atoms with Gasteiger partial charge in [-0.3, -0.25) is 10.1 Å². The van der Waals surface area contributed by atoms with Crippen LogP contribution in [0.1, 0.15) is 49.4 Å². The third kappa shape index (κ3) is 5.90. The van der Waals surface area contributed by atoms with Gasteiger partial charge in [0, 0.05) is 11.1 Å². The molecular weight excluding hydrogens is 367 g/mol. The van der Waals surface area contributed by atoms with Crippen molar-refractivity contribution in [3.63, 3.8) is 0 Å². The SMILES string of the molecule is C[C@H](OC(=O)c1ccc(Cl)cc1Cl)C(=O)NC(=O)NC1CCCCC1. The maximum Gasteiger partial charge on any atom is 0.340 e. The van der Waals surface area contributed by atoms with Crippen LogP contribution < -0.4 is 10.6 Å². The van der Waals surface area contributed by atoms with Gasteiger partial charge in [0.15, 0.2) is 6.10 Å². The third-order valence-corrected chi connectivity index (χ3v) is 4.53. The average molecular weight is 387 g/mol. The number of benzene rings is 1. The summed E-state index contributed by atoms with van der Waals surface area (Å²) >= 11 is 11.7. The summed E-state index contributed by atoms with van der Waals surface area (Å²) in [6, 6.07) is 3.80. The van der Waals surface area contributed by atoms with Crippen molar-refractivity contribution in [3.05, 3.63) is 33.8 Å². The normalized spacial score (nSPS) is 16.0. The summed E-state index contributed by atoms with van der Waals surface area (Å²) in [6.45, 7) is 1.38. The first kappa shape index (κ1) is 19.5. The molecule has 0 bridgehead atoms. The Morgan fingerprint density at radius 1 is 1.16 bits per heavy atom. The molecule has 6 nitrogen and oxygen atoms in total. The fourth-order valence-corrected chi connectivity index (χ4v) is 3.10. The summed E-state index contributed by atoms with van der Waals surface area (Å²) in [5.41, 5.74) is 0.0948. The topological polar surface area (TPSA) is 84.5 Å². The Morgan fingerprint density at radius 3 is 2.48 bits per heavy atom. The second-order valence-electron chi connectivity index (χ2n) is 5.97. The summed E-state index contributed by atoms with van der Waals surface area (Å²) < 4.78 is 5.05. The van der Waals surface area contributed by atoms with Crippen LogP contribution in [0.15, 0.2) is 18.2 Å². The largest absolute Gasteiger partial charge is 0.449 e. The number of amides is 3. The minimum atomic E-state index is -1.14. The zero-order valence-corrected chi connectivity index (χ0v) is 15.3. The summed E-state index contributed by atoms with van der Waals surface area (Å²) in [4.78, 5) is 35.9. The molecule has 25 heavy (non-hydrogen) atoms. The molecule has 8 heteroatoms. The van der Waals surface area contributed by atoms with E-state index in [1.807, 2.05) is 0 Å². The number of rotatable bonds is 4. The number of esters is 1. The number of carbonyl (C=O) groups is 3. The average Bonchev–Trinajstić information content (AvgIpc) is 2.55. The summed E-state index contributed by atoms with van der Waals surface area (Å²) in [6.07, 6.45) is 3.96. The summed E-state index contributed by atoms with van der Waals surface area (Å²) in [5.74, 6) is -1.47. The van der Waals surface area contributed by atoms with Crippen molar-refractivity contribution in [1.82, 2.24) is 10.6 Å². The molecule has 3 amide bonds. The lowest BCUT2D eigenvalue weighted by molar-refractivity contribution is -0.127. The molecule has 2 N–H and O–H groups in total. The first-order valence-electron chi connectivity index (χ1n) is 8.14. The molecule has 1 atom stereocenters. The molecule has 1 aliphatic rings. The maximum absolute atomic E-state index is 12.1. The Kier molecular flexibility index (Phi) is 7.08. The maximum atomic E-state index is 12.1. The van der Waals surface area contributed by atoms with Crippen molar-refractivity contribution in [2.24, 2.45) is 0 Å². The number of nitrogens with one attached hydrogen (secondary N) is 2. The van der Waals surface area contributed by atoms with Gasteiger partial charge in [0.05, 0.1) is 10.6 Å². The fourth-order valence-electron chi connectivity index (χ4n) is 2.61. The molecular formula is C17H20Cl2N2O4. The van der Waals surface area contributed by atoms with Crippen molar-refractivity contribution in [3.8, 4) is 0 Å². The highest BCUT2D eigenvalue weighted by Crippen LogP contribution is 2.22. The Bertz CT molecular complexity index is 660. The van der Waals surface area contributed by atoms with E-state index in [2.05, 4.69) is 10.6 Å². The first-order valence-corrected chi connectivity index (χ1v) is 8.90. The lowest BCUT2D eigenvalue weighted by atomic mass is 9.96. The van der Waals surface area contributed by atoms with E-state index in [1.165, 1.54) is 31.5 Å². The van der Waals surface area contributed by atoms with Crippen LogP contribution in [0.4, 0.5) is 4.79 Å². The number of ether oxygens (including phenoxy) is 1. The minimum absolute atomic E-state index is 0.0762. The highest BCUT2D eigenvalue weighted by Gasteiger charge is 2.23. The fraction of sp³-hybridized carbons (Fsp3) is 0.471. The zero-order chi connectivity index (χ0) is 18.4. The van der Waals surface area contributed by atoms with Crippen LogP contribution in [0.3, 0.4) is 0 Å². The molecule has 0 aromatic heterocycles. The van der Waals surface area contributed by atoms with Gasteiger partial charge >= 0.3 is 12.0 Å².